The summed E-state index contributed by atoms with van der Waals surface area (Å²) in [6.07, 6.45) is 13.1. The molecule has 0 bridgehead atoms. The molecule has 0 radical (unpaired) electrons. The second-order valence-electron chi connectivity index (χ2n) is 22.6. The molecule has 3 aromatic carbocycles. The van der Waals surface area contributed by atoms with Gasteiger partial charge in [0.2, 0.25) is 11.8 Å². The minimum Gasteiger partial charge on any atom is -0.463 e. The lowest BCUT2D eigenvalue weighted by atomic mass is 9.59. The summed E-state index contributed by atoms with van der Waals surface area (Å²) < 4.78 is 45.5. The fourth-order valence-electron chi connectivity index (χ4n) is 13.5. The van der Waals surface area contributed by atoms with Crippen LogP contribution in [0.25, 0.3) is 37.7 Å². The van der Waals surface area contributed by atoms with Crippen molar-refractivity contribution in [2.45, 2.75) is 115 Å². The van der Waals surface area contributed by atoms with Crippen LogP contribution in [-0.4, -0.2) is 102 Å². The molecule has 2 spiro atoms. The average Bonchev–Trinajstić information content (AvgIpc) is 4.03. The maximum Gasteiger partial charge on any atom is 0.319 e. The highest BCUT2D eigenvalue weighted by molar-refractivity contribution is 7.19. The summed E-state index contributed by atoms with van der Waals surface area (Å²) in [5.74, 6) is -0.827. The highest BCUT2D eigenvalue weighted by Crippen LogP contribution is 2.54. The maximum absolute atomic E-state index is 17.4. The summed E-state index contributed by atoms with van der Waals surface area (Å²) in [5, 5.41) is 13.6. The maximum atomic E-state index is 17.4. The fourth-order valence-corrected chi connectivity index (χ4v) is 14.8. The minimum atomic E-state index is -0.654. The number of ether oxygens (including phenoxy) is 2. The number of aryl methyl sites for hydroxylation is 2. The van der Waals surface area contributed by atoms with Crippen LogP contribution in [-0.2, 0) is 14.3 Å². The molecule has 5 saturated heterocycles. The van der Waals surface area contributed by atoms with Gasteiger partial charge in [-0.3, -0.25) is 14.9 Å². The first-order valence-corrected chi connectivity index (χ1v) is 27.4. The molecule has 7 heterocycles. The van der Waals surface area contributed by atoms with Gasteiger partial charge in [-0.15, -0.1) is 11.3 Å². The third-order valence-electron chi connectivity index (χ3n) is 18.0. The van der Waals surface area contributed by atoms with Crippen molar-refractivity contribution in [2.75, 3.05) is 63.9 Å². The first-order valence-electron chi connectivity index (χ1n) is 26.2. The Balaban J connectivity index is 0.687. The van der Waals surface area contributed by atoms with E-state index in [1.807, 2.05) is 0 Å². The van der Waals surface area contributed by atoms with Gasteiger partial charge in [-0.25, -0.2) is 8.78 Å². The molecular formula is C57H62ClF2N7O4S. The van der Waals surface area contributed by atoms with Gasteiger partial charge in [-0.05, 0) is 162 Å². The zero-order valence-corrected chi connectivity index (χ0v) is 42.9. The molecule has 15 heteroatoms. The number of halogens is 3. The minimum absolute atomic E-state index is 0.0151. The van der Waals surface area contributed by atoms with Gasteiger partial charge in [-0.2, -0.15) is 15.2 Å². The Morgan fingerprint density at radius 1 is 1.00 bits per heavy atom. The van der Waals surface area contributed by atoms with Crippen molar-refractivity contribution in [3.8, 4) is 23.2 Å². The summed E-state index contributed by atoms with van der Waals surface area (Å²) in [5.41, 5.74) is 5.32. The van der Waals surface area contributed by atoms with Crippen LogP contribution in [0.1, 0.15) is 117 Å². The van der Waals surface area contributed by atoms with E-state index in [-0.39, 0.29) is 50.9 Å². The summed E-state index contributed by atoms with van der Waals surface area (Å²) in [7, 11) is 0. The fraction of sp³-hybridized carbons (Fsp3) is 0.526. The lowest BCUT2D eigenvalue weighted by Gasteiger charge is -2.56. The molecular weight excluding hydrogens is 952 g/mol. The Morgan fingerprint density at radius 2 is 1.78 bits per heavy atom. The Bertz CT molecular complexity index is 3080. The molecule has 7 fully saturated rings. The molecule has 5 aromatic rings. The number of nitriles is 1. The molecule has 5 aliphatic heterocycles. The number of rotatable bonds is 11. The number of carbonyl (C=O) groups is 2. The largest absolute Gasteiger partial charge is 0.463 e. The zero-order chi connectivity index (χ0) is 49.7. The SMILES string of the molecule is C=C(c1ccc(C2CCN(C3CC4(CCN(CC5(COc6nc(N7CCC[C@]8(CCO8)C7)c7cc(Cl)c(-c8ccc(F)c9sc(C)c(C#N)c89)c(F)c7n6)CC5)CC4)C3)CC2)cc1C)C1CCC(=O)NC1=O. The first-order chi connectivity index (χ1) is 34.7. The number of hydrogen-bond donors (Lipinski definition) is 1. The van der Waals surface area contributed by atoms with E-state index in [1.54, 1.807) is 13.0 Å². The molecule has 7 aliphatic rings. The summed E-state index contributed by atoms with van der Waals surface area (Å²) >= 11 is 8.20. The predicted octanol–water partition coefficient (Wildman–Crippen LogP) is 11.0. The number of benzene rings is 3. The molecule has 11 nitrogen and oxygen atoms in total. The molecule has 1 N–H and O–H groups in total. The van der Waals surface area contributed by atoms with Crippen molar-refractivity contribution in [3.63, 3.8) is 0 Å². The van der Waals surface area contributed by atoms with Crippen LogP contribution in [0.2, 0.25) is 5.02 Å². The van der Waals surface area contributed by atoms with Gasteiger partial charge in [-0.1, -0.05) is 42.4 Å². The van der Waals surface area contributed by atoms with Crippen molar-refractivity contribution in [1.82, 2.24) is 25.1 Å². The van der Waals surface area contributed by atoms with Crippen molar-refractivity contribution in [3.05, 3.63) is 86.8 Å². The van der Waals surface area contributed by atoms with Crippen LogP contribution in [0.15, 0.2) is 43.0 Å². The van der Waals surface area contributed by atoms with E-state index in [1.165, 1.54) is 54.7 Å². The molecule has 2 amide bonds. The molecule has 1 unspecified atom stereocenters. The highest BCUT2D eigenvalue weighted by atomic mass is 35.5. The van der Waals surface area contributed by atoms with E-state index in [2.05, 4.69) is 57.8 Å². The number of nitrogens with zero attached hydrogens (tertiary/aromatic N) is 6. The van der Waals surface area contributed by atoms with Gasteiger partial charge >= 0.3 is 6.01 Å². The first kappa shape index (κ1) is 47.9. The standard InChI is InChI=1S/C57H62ClF2N7O4S/c1-33-25-37(5-6-39(33)34(2)40-8-10-46(68)62-53(40)69)36-11-20-66(21-12-36)38-27-55(28-38)16-22-65(23-17-55)30-56(14-15-56)32-70-54-63-50-42(52(64-54)67-19-4-13-57(31-67)18-24-71-57)26-44(58)48(49(50)60)41-7-9-45(59)51-47(41)43(29-61)35(3)72-51/h5-7,9,25-26,36,38,40H,2,4,8,10-24,27-28,30-32H2,1,3H3,(H,62,68,69)/t40?,57-/m0/s1. The Morgan fingerprint density at radius 3 is 2.47 bits per heavy atom. The average molecular weight is 1010 g/mol. The monoisotopic (exact) mass is 1010 g/mol. The van der Waals surface area contributed by atoms with Gasteiger partial charge in [0.05, 0.1) is 40.0 Å². The summed E-state index contributed by atoms with van der Waals surface area (Å²) in [4.78, 5) is 42.2. The number of thiophene rings is 1. The smallest absolute Gasteiger partial charge is 0.319 e. The van der Waals surface area contributed by atoms with E-state index in [0.717, 1.165) is 108 Å². The number of nitrogens with one attached hydrogen (secondary N) is 1. The lowest BCUT2D eigenvalue weighted by Crippen LogP contribution is -2.56. The normalized spacial score (nSPS) is 24.6. The van der Waals surface area contributed by atoms with Crippen LogP contribution < -0.4 is 15.0 Å². The second-order valence-corrected chi connectivity index (χ2v) is 24.2. The molecule has 12 rings (SSSR count). The van der Waals surface area contributed by atoms with E-state index in [9.17, 15) is 14.9 Å². The van der Waals surface area contributed by atoms with E-state index in [4.69, 9.17) is 31.0 Å². The number of aromatic nitrogens is 2. The Hall–Kier alpha value is -5.04. The summed E-state index contributed by atoms with van der Waals surface area (Å²) in [6, 6.07) is 14.2. The number of fused-ring (bicyclic) bond motifs is 2. The summed E-state index contributed by atoms with van der Waals surface area (Å²) in [6.45, 7) is 16.0. The third kappa shape index (κ3) is 8.58. The molecule has 2 saturated carbocycles. The molecule has 2 aliphatic carbocycles. The van der Waals surface area contributed by atoms with Crippen LogP contribution in [0, 0.1) is 53.6 Å². The predicted molar refractivity (Wildman–Crippen MR) is 277 cm³/mol. The molecule has 376 valence electrons. The van der Waals surface area contributed by atoms with Crippen LogP contribution in [0.4, 0.5) is 14.6 Å². The van der Waals surface area contributed by atoms with Gasteiger partial charge in [0.1, 0.15) is 23.2 Å². The van der Waals surface area contributed by atoms with Crippen LogP contribution >= 0.6 is 22.9 Å². The zero-order valence-electron chi connectivity index (χ0n) is 41.3. The quantitative estimate of drug-likeness (QED) is 0.128. The second kappa shape index (κ2) is 18.4. The number of piperidine rings is 4. The van der Waals surface area contributed by atoms with Crippen LogP contribution in [0.5, 0.6) is 6.01 Å². The molecule has 72 heavy (non-hydrogen) atoms. The Labute approximate surface area is 428 Å². The number of hydrogen-bond acceptors (Lipinski definition) is 11. The van der Waals surface area contributed by atoms with Crippen molar-refractivity contribution < 1.29 is 27.8 Å². The van der Waals surface area contributed by atoms with Crippen molar-refractivity contribution in [2.24, 2.45) is 16.7 Å². The number of anilines is 1. The van der Waals surface area contributed by atoms with Gasteiger partial charge in [0, 0.05) is 65.1 Å². The van der Waals surface area contributed by atoms with Gasteiger partial charge < -0.3 is 24.2 Å². The lowest BCUT2D eigenvalue weighted by molar-refractivity contribution is -0.151. The van der Waals surface area contributed by atoms with Crippen LogP contribution in [0.3, 0.4) is 0 Å². The number of imide groups is 1. The topological polar surface area (TPSA) is 124 Å². The number of amides is 2. The Kier molecular flexibility index (Phi) is 12.3. The third-order valence-corrected chi connectivity index (χ3v) is 19.5. The van der Waals surface area contributed by atoms with E-state index < -0.39 is 11.6 Å². The highest BCUT2D eigenvalue weighted by Gasteiger charge is 2.51. The molecule has 2 aromatic heterocycles. The molecule has 2 atom stereocenters. The van der Waals surface area contributed by atoms with Gasteiger partial charge in [0.25, 0.3) is 0 Å². The van der Waals surface area contributed by atoms with Crippen molar-refractivity contribution >= 4 is 67.1 Å². The number of carbonyl (C=O) groups excluding carboxylic acids is 2. The van der Waals surface area contributed by atoms with E-state index >= 15 is 8.78 Å². The van der Waals surface area contributed by atoms with Gasteiger partial charge in [0.15, 0.2) is 5.82 Å². The van der Waals surface area contributed by atoms with E-state index in [0.29, 0.717) is 80.7 Å². The van der Waals surface area contributed by atoms with Crippen molar-refractivity contribution in [1.29, 1.82) is 5.26 Å². The number of likely N-dealkylation sites (tertiary alicyclic amines) is 2.